The SMILES string of the molecule is COC(=O)CN1C(=O)C2C(NC3N(Cc4ccccc4)CC(C)CN23)N(C)C1=O. The second-order valence-corrected chi connectivity index (χ2v) is 8.04. The molecule has 0 spiro atoms. The topological polar surface area (TPSA) is 85.4 Å². The number of hydrogen-bond donors (Lipinski definition) is 1. The van der Waals surface area contributed by atoms with Crippen molar-refractivity contribution in [2.24, 2.45) is 5.92 Å². The molecule has 0 aliphatic carbocycles. The van der Waals surface area contributed by atoms with Crippen molar-refractivity contribution in [1.82, 2.24) is 24.9 Å². The summed E-state index contributed by atoms with van der Waals surface area (Å²) in [6, 6.07) is 9.18. The van der Waals surface area contributed by atoms with Gasteiger partial charge >= 0.3 is 12.0 Å². The first-order chi connectivity index (χ1) is 13.9. The summed E-state index contributed by atoms with van der Waals surface area (Å²) in [6.07, 6.45) is -0.587. The number of carbonyl (C=O) groups is 3. The molecule has 0 bridgehead atoms. The van der Waals surface area contributed by atoms with Gasteiger partial charge in [0.15, 0.2) is 0 Å². The van der Waals surface area contributed by atoms with Crippen LogP contribution < -0.4 is 5.32 Å². The van der Waals surface area contributed by atoms with E-state index in [1.54, 1.807) is 7.05 Å². The zero-order chi connectivity index (χ0) is 20.7. The van der Waals surface area contributed by atoms with Gasteiger partial charge in [0.25, 0.3) is 5.91 Å². The molecular formula is C20H27N5O4. The van der Waals surface area contributed by atoms with Crippen LogP contribution in [0.2, 0.25) is 0 Å². The standard InChI is InChI=1S/C20H27N5O4/c1-13-9-23(11-14-7-5-4-6-8-14)19-21-17-16(24(19)10-13)18(27)25(12-15(26)29-3)20(28)22(17)2/h4-8,13,16-17,19,21H,9-12H2,1-3H3. The minimum Gasteiger partial charge on any atom is -0.468 e. The van der Waals surface area contributed by atoms with Gasteiger partial charge in [0.1, 0.15) is 25.0 Å². The number of esters is 1. The maximum absolute atomic E-state index is 13.2. The van der Waals surface area contributed by atoms with Crippen LogP contribution >= 0.6 is 0 Å². The molecule has 0 radical (unpaired) electrons. The van der Waals surface area contributed by atoms with E-state index in [-0.39, 0.29) is 18.7 Å². The van der Waals surface area contributed by atoms with Gasteiger partial charge in [-0.05, 0) is 11.5 Å². The van der Waals surface area contributed by atoms with Gasteiger partial charge in [0.05, 0.1) is 7.11 Å². The lowest BCUT2D eigenvalue weighted by Gasteiger charge is -2.45. The fourth-order valence-electron chi connectivity index (χ4n) is 4.59. The number of likely N-dealkylation sites (N-methyl/N-ethyl adjacent to an activating group) is 1. The van der Waals surface area contributed by atoms with Crippen molar-refractivity contribution in [3.05, 3.63) is 35.9 Å². The summed E-state index contributed by atoms with van der Waals surface area (Å²) in [5, 5.41) is 3.48. The molecule has 4 atom stereocenters. The summed E-state index contributed by atoms with van der Waals surface area (Å²) in [5.74, 6) is -0.605. The van der Waals surface area contributed by atoms with Crippen molar-refractivity contribution in [2.45, 2.75) is 32.0 Å². The molecule has 29 heavy (non-hydrogen) atoms. The molecule has 1 aromatic carbocycles. The number of benzene rings is 1. The first-order valence-corrected chi connectivity index (χ1v) is 9.85. The number of hydrogen-bond acceptors (Lipinski definition) is 7. The molecule has 9 heteroatoms. The maximum Gasteiger partial charge on any atom is 0.328 e. The highest BCUT2D eigenvalue weighted by Gasteiger charge is 2.56. The first kappa shape index (κ1) is 19.8. The summed E-state index contributed by atoms with van der Waals surface area (Å²) < 4.78 is 4.66. The minimum absolute atomic E-state index is 0.154. The second kappa shape index (κ2) is 7.74. The summed E-state index contributed by atoms with van der Waals surface area (Å²) in [7, 11) is 2.90. The third-order valence-corrected chi connectivity index (χ3v) is 5.92. The highest BCUT2D eigenvalue weighted by molar-refractivity contribution is 6.02. The molecule has 3 aliphatic rings. The van der Waals surface area contributed by atoms with Gasteiger partial charge in [-0.15, -0.1) is 0 Å². The molecule has 3 fully saturated rings. The molecule has 0 aromatic heterocycles. The van der Waals surface area contributed by atoms with E-state index in [2.05, 4.69) is 38.9 Å². The van der Waals surface area contributed by atoms with E-state index in [9.17, 15) is 14.4 Å². The van der Waals surface area contributed by atoms with Crippen LogP contribution in [0.5, 0.6) is 0 Å². The maximum atomic E-state index is 13.2. The number of carbonyl (C=O) groups excluding carboxylic acids is 3. The summed E-state index contributed by atoms with van der Waals surface area (Å²) in [5.41, 5.74) is 1.20. The highest BCUT2D eigenvalue weighted by Crippen LogP contribution is 2.32. The number of urea groups is 1. The third kappa shape index (κ3) is 3.50. The molecule has 3 heterocycles. The number of nitrogens with zero attached hydrogens (tertiary/aromatic N) is 4. The largest absolute Gasteiger partial charge is 0.468 e. The zero-order valence-corrected chi connectivity index (χ0v) is 16.9. The molecule has 0 saturated carbocycles. The van der Waals surface area contributed by atoms with Crippen molar-refractivity contribution in [2.75, 3.05) is 33.8 Å². The molecule has 4 unspecified atom stereocenters. The van der Waals surface area contributed by atoms with E-state index in [4.69, 9.17) is 0 Å². The Balaban J connectivity index is 1.60. The molecular weight excluding hydrogens is 374 g/mol. The molecule has 1 aromatic rings. The molecule has 9 nitrogen and oxygen atoms in total. The Hall–Kier alpha value is -2.49. The molecule has 3 amide bonds. The van der Waals surface area contributed by atoms with Gasteiger partial charge in [0.2, 0.25) is 0 Å². The van der Waals surface area contributed by atoms with Crippen molar-refractivity contribution in [3.63, 3.8) is 0 Å². The van der Waals surface area contributed by atoms with E-state index < -0.39 is 24.2 Å². The van der Waals surface area contributed by atoms with E-state index in [0.29, 0.717) is 5.92 Å². The average Bonchev–Trinajstić information content (AvgIpc) is 3.10. The number of amides is 3. The van der Waals surface area contributed by atoms with Crippen molar-refractivity contribution in [1.29, 1.82) is 0 Å². The molecule has 4 rings (SSSR count). The summed E-state index contributed by atoms with van der Waals surface area (Å²) >= 11 is 0. The lowest BCUT2D eigenvalue weighted by Crippen LogP contribution is -2.67. The van der Waals surface area contributed by atoms with E-state index >= 15 is 0 Å². The predicted molar refractivity (Wildman–Crippen MR) is 104 cm³/mol. The van der Waals surface area contributed by atoms with Gasteiger partial charge in [-0.2, -0.15) is 0 Å². The summed E-state index contributed by atoms with van der Waals surface area (Å²) in [4.78, 5) is 44.6. The smallest absolute Gasteiger partial charge is 0.328 e. The zero-order valence-electron chi connectivity index (χ0n) is 16.9. The van der Waals surface area contributed by atoms with Crippen LogP contribution in [0, 0.1) is 5.92 Å². The van der Waals surface area contributed by atoms with Gasteiger partial charge < -0.3 is 9.64 Å². The van der Waals surface area contributed by atoms with E-state index in [1.807, 2.05) is 18.2 Å². The molecule has 3 aliphatic heterocycles. The number of fused-ring (bicyclic) bond motifs is 3. The van der Waals surface area contributed by atoms with Crippen molar-refractivity contribution >= 4 is 17.9 Å². The van der Waals surface area contributed by atoms with E-state index in [1.165, 1.54) is 17.6 Å². The first-order valence-electron chi connectivity index (χ1n) is 9.85. The van der Waals surface area contributed by atoms with Crippen LogP contribution in [0.15, 0.2) is 30.3 Å². The quantitative estimate of drug-likeness (QED) is 0.716. The normalized spacial score (nSPS) is 30.3. The monoisotopic (exact) mass is 401 g/mol. The van der Waals surface area contributed by atoms with Crippen LogP contribution in [0.1, 0.15) is 12.5 Å². The van der Waals surface area contributed by atoms with Crippen molar-refractivity contribution < 1.29 is 19.1 Å². The van der Waals surface area contributed by atoms with Gasteiger partial charge in [0, 0.05) is 26.7 Å². The third-order valence-electron chi connectivity index (χ3n) is 5.92. The van der Waals surface area contributed by atoms with Crippen LogP contribution in [0.3, 0.4) is 0 Å². The van der Waals surface area contributed by atoms with Gasteiger partial charge in [-0.3, -0.25) is 29.6 Å². The minimum atomic E-state index is -0.612. The second-order valence-electron chi connectivity index (χ2n) is 8.04. The lowest BCUT2D eigenvalue weighted by atomic mass is 10.0. The Morgan fingerprint density at radius 1 is 1.21 bits per heavy atom. The average molecular weight is 401 g/mol. The molecule has 1 N–H and O–H groups in total. The van der Waals surface area contributed by atoms with Crippen LogP contribution in [-0.4, -0.2) is 89.8 Å². The van der Waals surface area contributed by atoms with E-state index in [0.717, 1.165) is 24.5 Å². The Bertz CT molecular complexity index is 803. The van der Waals surface area contributed by atoms with Gasteiger partial charge in [-0.1, -0.05) is 37.3 Å². The number of imide groups is 1. The van der Waals surface area contributed by atoms with Crippen molar-refractivity contribution in [3.8, 4) is 0 Å². The molecule has 156 valence electrons. The highest BCUT2D eigenvalue weighted by atomic mass is 16.5. The number of rotatable bonds is 4. The van der Waals surface area contributed by atoms with Gasteiger partial charge in [-0.25, -0.2) is 4.79 Å². The Morgan fingerprint density at radius 2 is 1.93 bits per heavy atom. The summed E-state index contributed by atoms with van der Waals surface area (Å²) in [6.45, 7) is 4.17. The Kier molecular flexibility index (Phi) is 5.28. The number of methoxy groups -OCH3 is 1. The lowest BCUT2D eigenvalue weighted by molar-refractivity contribution is -0.150. The van der Waals surface area contributed by atoms with Crippen LogP contribution in [-0.2, 0) is 20.9 Å². The van der Waals surface area contributed by atoms with Crippen LogP contribution in [0.4, 0.5) is 4.79 Å². The predicted octanol–water partition coefficient (Wildman–Crippen LogP) is 0.0888. The number of nitrogens with one attached hydrogen (secondary N) is 1. The molecule has 3 saturated heterocycles. The number of ether oxygens (including phenoxy) is 1. The fourth-order valence-corrected chi connectivity index (χ4v) is 4.59. The fraction of sp³-hybridized carbons (Fsp3) is 0.550. The Morgan fingerprint density at radius 3 is 2.62 bits per heavy atom. The van der Waals surface area contributed by atoms with Crippen LogP contribution in [0.25, 0.3) is 0 Å². The Labute approximate surface area is 170 Å².